The van der Waals surface area contributed by atoms with Crippen molar-refractivity contribution < 1.29 is 9.90 Å². The van der Waals surface area contributed by atoms with Crippen LogP contribution in [0.25, 0.3) is 0 Å². The second-order valence-electron chi connectivity index (χ2n) is 6.19. The van der Waals surface area contributed by atoms with E-state index in [0.29, 0.717) is 19.4 Å². The van der Waals surface area contributed by atoms with E-state index >= 15 is 0 Å². The molecule has 1 aromatic heterocycles. The van der Waals surface area contributed by atoms with Crippen molar-refractivity contribution in [2.75, 3.05) is 0 Å². The number of benzene rings is 1. The van der Waals surface area contributed by atoms with Gasteiger partial charge in [-0.05, 0) is 44.9 Å². The molecule has 0 bridgehead atoms. The topological polar surface area (TPSA) is 67.2 Å². The number of aromatic nitrogens is 2. The van der Waals surface area contributed by atoms with Crippen molar-refractivity contribution in [2.45, 2.75) is 45.7 Å². The molecule has 5 nitrogen and oxygen atoms in total. The van der Waals surface area contributed by atoms with Crippen LogP contribution in [-0.4, -0.2) is 26.1 Å². The summed E-state index contributed by atoms with van der Waals surface area (Å²) in [5.41, 5.74) is 0.742. The summed E-state index contributed by atoms with van der Waals surface area (Å²) in [4.78, 5) is 16.3. The van der Waals surface area contributed by atoms with E-state index < -0.39 is 0 Å². The van der Waals surface area contributed by atoms with E-state index in [1.54, 1.807) is 18.3 Å². The lowest BCUT2D eigenvalue weighted by Gasteiger charge is -2.26. The van der Waals surface area contributed by atoms with Gasteiger partial charge < -0.3 is 15.0 Å². The Morgan fingerprint density at radius 3 is 2.59 bits per heavy atom. The SMILES string of the molecule is Cc1nccn1CCC(=O)NC(C)(C)Cc1ccc(O)cc1. The van der Waals surface area contributed by atoms with Crippen LogP contribution in [0.3, 0.4) is 0 Å². The molecule has 0 saturated carbocycles. The van der Waals surface area contributed by atoms with Crippen molar-refractivity contribution in [3.63, 3.8) is 0 Å². The summed E-state index contributed by atoms with van der Waals surface area (Å²) in [7, 11) is 0. The minimum Gasteiger partial charge on any atom is -0.508 e. The predicted octanol–water partition coefficient (Wildman–Crippen LogP) is 2.42. The number of carbonyl (C=O) groups excluding carboxylic acids is 1. The number of aryl methyl sites for hydroxylation is 2. The lowest BCUT2D eigenvalue weighted by atomic mass is 9.94. The van der Waals surface area contributed by atoms with E-state index in [2.05, 4.69) is 10.3 Å². The molecule has 2 N–H and O–H groups in total. The molecule has 0 spiro atoms. The molecule has 0 fully saturated rings. The first-order chi connectivity index (χ1) is 10.4. The Labute approximate surface area is 131 Å². The van der Waals surface area contributed by atoms with Gasteiger partial charge in [-0.3, -0.25) is 4.79 Å². The molecular weight excluding hydrogens is 278 g/mol. The molecule has 0 aliphatic heterocycles. The monoisotopic (exact) mass is 301 g/mol. The number of rotatable bonds is 6. The summed E-state index contributed by atoms with van der Waals surface area (Å²) < 4.78 is 1.96. The number of nitrogens with zero attached hydrogens (tertiary/aromatic N) is 2. The van der Waals surface area contributed by atoms with Crippen molar-refractivity contribution in [1.29, 1.82) is 0 Å². The van der Waals surface area contributed by atoms with Crippen LogP contribution < -0.4 is 5.32 Å². The van der Waals surface area contributed by atoms with E-state index in [1.807, 2.05) is 43.7 Å². The molecule has 1 heterocycles. The Bertz CT molecular complexity index is 630. The van der Waals surface area contributed by atoms with Gasteiger partial charge in [-0.2, -0.15) is 0 Å². The number of hydrogen-bond donors (Lipinski definition) is 2. The van der Waals surface area contributed by atoms with Crippen LogP contribution in [0.4, 0.5) is 0 Å². The van der Waals surface area contributed by atoms with Crippen LogP contribution in [-0.2, 0) is 17.8 Å². The Hall–Kier alpha value is -2.30. The smallest absolute Gasteiger partial charge is 0.222 e. The summed E-state index contributed by atoms with van der Waals surface area (Å²) in [5.74, 6) is 1.19. The fourth-order valence-electron chi connectivity index (χ4n) is 2.47. The maximum atomic E-state index is 12.1. The molecule has 2 aromatic rings. The van der Waals surface area contributed by atoms with Crippen LogP contribution in [0.5, 0.6) is 5.75 Å². The Kier molecular flexibility index (Phi) is 4.85. The van der Waals surface area contributed by atoms with E-state index in [9.17, 15) is 9.90 Å². The van der Waals surface area contributed by atoms with E-state index in [4.69, 9.17) is 0 Å². The Balaban J connectivity index is 1.86. The van der Waals surface area contributed by atoms with Crippen molar-refractivity contribution in [3.8, 4) is 5.75 Å². The highest BCUT2D eigenvalue weighted by Crippen LogP contribution is 2.16. The average molecular weight is 301 g/mol. The summed E-state index contributed by atoms with van der Waals surface area (Å²) in [6, 6.07) is 7.07. The summed E-state index contributed by atoms with van der Waals surface area (Å²) in [5, 5.41) is 12.4. The number of carbonyl (C=O) groups is 1. The maximum Gasteiger partial charge on any atom is 0.222 e. The highest BCUT2D eigenvalue weighted by molar-refractivity contribution is 5.76. The molecule has 0 atom stereocenters. The molecule has 0 radical (unpaired) electrons. The van der Waals surface area contributed by atoms with Gasteiger partial charge in [-0.15, -0.1) is 0 Å². The summed E-state index contributed by atoms with van der Waals surface area (Å²) in [6.07, 6.45) is 4.76. The summed E-state index contributed by atoms with van der Waals surface area (Å²) >= 11 is 0. The molecule has 0 aliphatic carbocycles. The molecule has 5 heteroatoms. The van der Waals surface area contributed by atoms with Gasteiger partial charge in [0.2, 0.25) is 5.91 Å². The first-order valence-corrected chi connectivity index (χ1v) is 7.42. The van der Waals surface area contributed by atoms with Gasteiger partial charge in [-0.1, -0.05) is 12.1 Å². The van der Waals surface area contributed by atoms with Gasteiger partial charge in [0, 0.05) is 30.9 Å². The van der Waals surface area contributed by atoms with Gasteiger partial charge in [0.05, 0.1) is 0 Å². The molecule has 2 rings (SSSR count). The van der Waals surface area contributed by atoms with Crippen LogP contribution in [0.15, 0.2) is 36.7 Å². The predicted molar refractivity (Wildman–Crippen MR) is 85.6 cm³/mol. The number of hydrogen-bond acceptors (Lipinski definition) is 3. The van der Waals surface area contributed by atoms with E-state index in [0.717, 1.165) is 11.4 Å². The maximum absolute atomic E-state index is 12.1. The normalized spacial score (nSPS) is 11.4. The van der Waals surface area contributed by atoms with E-state index in [1.165, 1.54) is 0 Å². The third-order valence-corrected chi connectivity index (χ3v) is 3.56. The lowest BCUT2D eigenvalue weighted by Crippen LogP contribution is -2.45. The van der Waals surface area contributed by atoms with Crippen LogP contribution >= 0.6 is 0 Å². The van der Waals surface area contributed by atoms with Gasteiger partial charge in [0.25, 0.3) is 0 Å². The molecule has 22 heavy (non-hydrogen) atoms. The third kappa shape index (κ3) is 4.62. The number of phenols is 1. The molecule has 1 amide bonds. The van der Waals surface area contributed by atoms with Gasteiger partial charge >= 0.3 is 0 Å². The Morgan fingerprint density at radius 2 is 2.00 bits per heavy atom. The second-order valence-corrected chi connectivity index (χ2v) is 6.19. The van der Waals surface area contributed by atoms with Crippen LogP contribution in [0.1, 0.15) is 31.7 Å². The quantitative estimate of drug-likeness (QED) is 0.861. The van der Waals surface area contributed by atoms with Crippen LogP contribution in [0.2, 0.25) is 0 Å². The summed E-state index contributed by atoms with van der Waals surface area (Å²) in [6.45, 7) is 6.56. The molecule has 1 aromatic carbocycles. The second kappa shape index (κ2) is 6.64. The molecule has 0 unspecified atom stereocenters. The number of phenolic OH excluding ortho intramolecular Hbond substituents is 1. The van der Waals surface area contributed by atoms with Gasteiger partial charge in [-0.25, -0.2) is 4.98 Å². The fourth-order valence-corrected chi connectivity index (χ4v) is 2.47. The molecule has 0 saturated heterocycles. The first-order valence-electron chi connectivity index (χ1n) is 7.42. The minimum atomic E-state index is -0.335. The first kappa shape index (κ1) is 16.1. The Morgan fingerprint density at radius 1 is 1.32 bits per heavy atom. The molecule has 0 aliphatic rings. The standard InChI is InChI=1S/C17H23N3O2/c1-13-18-9-11-20(13)10-8-16(22)19-17(2,3)12-14-4-6-15(21)7-5-14/h4-7,9,11,21H,8,10,12H2,1-3H3,(H,19,22). The van der Waals surface area contributed by atoms with Crippen molar-refractivity contribution in [1.82, 2.24) is 14.9 Å². The highest BCUT2D eigenvalue weighted by atomic mass is 16.3. The van der Waals surface area contributed by atoms with Gasteiger partial charge in [0.15, 0.2) is 0 Å². The van der Waals surface area contributed by atoms with Gasteiger partial charge in [0.1, 0.15) is 11.6 Å². The van der Waals surface area contributed by atoms with Crippen LogP contribution in [0, 0.1) is 6.92 Å². The zero-order valence-corrected chi connectivity index (χ0v) is 13.3. The zero-order chi connectivity index (χ0) is 16.2. The highest BCUT2D eigenvalue weighted by Gasteiger charge is 2.20. The molecule has 118 valence electrons. The third-order valence-electron chi connectivity index (χ3n) is 3.56. The van der Waals surface area contributed by atoms with E-state index in [-0.39, 0.29) is 17.2 Å². The molecular formula is C17H23N3O2. The minimum absolute atomic E-state index is 0.0249. The zero-order valence-electron chi connectivity index (χ0n) is 13.3. The largest absolute Gasteiger partial charge is 0.508 e. The van der Waals surface area contributed by atoms with Crippen molar-refractivity contribution in [2.24, 2.45) is 0 Å². The number of imidazole rings is 1. The average Bonchev–Trinajstić information content (AvgIpc) is 2.84. The number of aromatic hydroxyl groups is 1. The fraction of sp³-hybridized carbons (Fsp3) is 0.412. The van der Waals surface area contributed by atoms with Crippen molar-refractivity contribution in [3.05, 3.63) is 48.0 Å². The number of nitrogens with one attached hydrogen (secondary N) is 1. The number of amides is 1. The lowest BCUT2D eigenvalue weighted by molar-refractivity contribution is -0.122. The van der Waals surface area contributed by atoms with Crippen molar-refractivity contribution >= 4 is 5.91 Å².